The van der Waals surface area contributed by atoms with Gasteiger partial charge in [-0.15, -0.1) is 0 Å². The Hall–Kier alpha value is -1.75. The molecule has 1 heterocycles. The highest BCUT2D eigenvalue weighted by Gasteiger charge is 2.14. The fraction of sp³-hybridized carbons (Fsp3) is 0.500. The van der Waals surface area contributed by atoms with Crippen LogP contribution in [-0.4, -0.2) is 37.8 Å². The first-order chi connectivity index (χ1) is 9.20. The summed E-state index contributed by atoms with van der Waals surface area (Å²) in [5.41, 5.74) is 1.01. The van der Waals surface area contributed by atoms with Crippen molar-refractivity contribution in [1.82, 2.24) is 5.32 Å². The van der Waals surface area contributed by atoms with Gasteiger partial charge in [0, 0.05) is 6.54 Å². The summed E-state index contributed by atoms with van der Waals surface area (Å²) >= 11 is 0. The Balaban J connectivity index is 2.04. The molecule has 1 aromatic carbocycles. The van der Waals surface area contributed by atoms with E-state index >= 15 is 0 Å². The fourth-order valence-corrected chi connectivity index (χ4v) is 2.33. The zero-order chi connectivity index (χ0) is 13.7. The number of rotatable bonds is 5. The maximum Gasteiger partial charge on any atom is 0.335 e. The van der Waals surface area contributed by atoms with Gasteiger partial charge >= 0.3 is 5.97 Å². The van der Waals surface area contributed by atoms with Crippen LogP contribution in [0.2, 0.25) is 0 Å². The third-order valence-electron chi connectivity index (χ3n) is 3.43. The van der Waals surface area contributed by atoms with E-state index in [1.807, 2.05) is 0 Å². The van der Waals surface area contributed by atoms with Crippen LogP contribution < -0.4 is 15.4 Å². The molecular formula is C14H20N2O3. The Morgan fingerprint density at radius 1 is 1.58 bits per heavy atom. The number of ether oxygens (including phenoxy) is 1. The molecule has 1 fully saturated rings. The molecule has 1 aliphatic rings. The van der Waals surface area contributed by atoms with Crippen molar-refractivity contribution in [2.75, 3.05) is 32.1 Å². The normalized spacial score (nSPS) is 18.9. The second-order valence-corrected chi connectivity index (χ2v) is 4.81. The molecule has 1 saturated heterocycles. The molecule has 5 nitrogen and oxygen atoms in total. The van der Waals surface area contributed by atoms with Crippen molar-refractivity contribution in [2.45, 2.75) is 12.8 Å². The third-order valence-corrected chi connectivity index (χ3v) is 3.43. The molecule has 19 heavy (non-hydrogen) atoms. The van der Waals surface area contributed by atoms with Gasteiger partial charge in [-0.3, -0.25) is 0 Å². The molecule has 0 bridgehead atoms. The average molecular weight is 264 g/mol. The van der Waals surface area contributed by atoms with Gasteiger partial charge in [-0.2, -0.15) is 0 Å². The maximum absolute atomic E-state index is 11.0. The Morgan fingerprint density at radius 3 is 3.05 bits per heavy atom. The van der Waals surface area contributed by atoms with Gasteiger partial charge in [0.15, 0.2) is 0 Å². The van der Waals surface area contributed by atoms with Crippen LogP contribution in [0.15, 0.2) is 18.2 Å². The molecule has 0 amide bonds. The van der Waals surface area contributed by atoms with Gasteiger partial charge in [-0.1, -0.05) is 0 Å². The van der Waals surface area contributed by atoms with Crippen molar-refractivity contribution in [3.05, 3.63) is 23.8 Å². The number of anilines is 1. The molecule has 0 saturated carbocycles. The summed E-state index contributed by atoms with van der Waals surface area (Å²) in [4.78, 5) is 11.0. The summed E-state index contributed by atoms with van der Waals surface area (Å²) in [6, 6.07) is 4.86. The van der Waals surface area contributed by atoms with Crippen LogP contribution >= 0.6 is 0 Å². The number of carbonyl (C=O) groups is 1. The summed E-state index contributed by atoms with van der Waals surface area (Å²) in [5, 5.41) is 15.7. The van der Waals surface area contributed by atoms with Crippen LogP contribution in [0.4, 0.5) is 5.69 Å². The maximum atomic E-state index is 11.0. The molecule has 1 atom stereocenters. The number of aromatic carboxylic acids is 1. The van der Waals surface area contributed by atoms with Crippen molar-refractivity contribution in [2.24, 2.45) is 5.92 Å². The molecular weight excluding hydrogens is 244 g/mol. The molecule has 104 valence electrons. The van der Waals surface area contributed by atoms with Crippen molar-refractivity contribution in [3.63, 3.8) is 0 Å². The van der Waals surface area contributed by atoms with E-state index < -0.39 is 5.97 Å². The molecule has 0 aliphatic carbocycles. The lowest BCUT2D eigenvalue weighted by molar-refractivity contribution is 0.0697. The van der Waals surface area contributed by atoms with Crippen LogP contribution in [0, 0.1) is 5.92 Å². The van der Waals surface area contributed by atoms with E-state index in [4.69, 9.17) is 9.84 Å². The number of nitrogens with one attached hydrogen (secondary N) is 2. The van der Waals surface area contributed by atoms with E-state index in [0.717, 1.165) is 25.3 Å². The Bertz CT molecular complexity index is 442. The minimum atomic E-state index is -0.926. The second-order valence-electron chi connectivity index (χ2n) is 4.81. The number of benzene rings is 1. The molecule has 5 heteroatoms. The third kappa shape index (κ3) is 3.61. The standard InChI is InChI=1S/C14H20N2O3/c1-19-13-5-4-11(14(17)18)7-12(13)16-9-10-3-2-6-15-8-10/h4-5,7,10,15-16H,2-3,6,8-9H2,1H3,(H,17,18). The van der Waals surface area contributed by atoms with Crippen molar-refractivity contribution >= 4 is 11.7 Å². The number of methoxy groups -OCH3 is 1. The van der Waals surface area contributed by atoms with E-state index in [-0.39, 0.29) is 5.56 Å². The van der Waals surface area contributed by atoms with Gasteiger partial charge in [0.05, 0.1) is 18.4 Å². The highest BCUT2D eigenvalue weighted by atomic mass is 16.5. The van der Waals surface area contributed by atoms with Gasteiger partial charge < -0.3 is 20.5 Å². The summed E-state index contributed by atoms with van der Waals surface area (Å²) in [7, 11) is 1.59. The lowest BCUT2D eigenvalue weighted by Crippen LogP contribution is -2.33. The minimum Gasteiger partial charge on any atom is -0.495 e. The number of hydrogen-bond acceptors (Lipinski definition) is 4. The topological polar surface area (TPSA) is 70.6 Å². The number of carboxylic acid groups (broad SMARTS) is 1. The highest BCUT2D eigenvalue weighted by molar-refractivity contribution is 5.89. The first kappa shape index (κ1) is 13.7. The summed E-state index contributed by atoms with van der Waals surface area (Å²) in [6.45, 7) is 2.93. The molecule has 1 aromatic rings. The lowest BCUT2D eigenvalue weighted by Gasteiger charge is -2.24. The lowest BCUT2D eigenvalue weighted by atomic mass is 9.99. The summed E-state index contributed by atoms with van der Waals surface area (Å²) in [5.74, 6) is 0.325. The minimum absolute atomic E-state index is 0.269. The van der Waals surface area contributed by atoms with Gasteiger partial charge in [-0.25, -0.2) is 4.79 Å². The molecule has 0 spiro atoms. The molecule has 3 N–H and O–H groups in total. The molecule has 2 rings (SSSR count). The molecule has 0 aromatic heterocycles. The predicted molar refractivity (Wildman–Crippen MR) is 74.0 cm³/mol. The second kappa shape index (κ2) is 6.43. The largest absolute Gasteiger partial charge is 0.495 e. The zero-order valence-electron chi connectivity index (χ0n) is 11.1. The first-order valence-corrected chi connectivity index (χ1v) is 6.56. The zero-order valence-corrected chi connectivity index (χ0v) is 11.1. The van der Waals surface area contributed by atoms with Gasteiger partial charge in [0.1, 0.15) is 5.75 Å². The van der Waals surface area contributed by atoms with Crippen molar-refractivity contribution in [1.29, 1.82) is 0 Å². The van der Waals surface area contributed by atoms with Crippen LogP contribution in [0.1, 0.15) is 23.2 Å². The Morgan fingerprint density at radius 2 is 2.42 bits per heavy atom. The van der Waals surface area contributed by atoms with E-state index in [0.29, 0.717) is 11.7 Å². The first-order valence-electron chi connectivity index (χ1n) is 6.56. The summed E-state index contributed by atoms with van der Waals surface area (Å²) in [6.07, 6.45) is 2.39. The van der Waals surface area contributed by atoms with Gasteiger partial charge in [0.2, 0.25) is 0 Å². The SMILES string of the molecule is COc1ccc(C(=O)O)cc1NCC1CCCNC1. The summed E-state index contributed by atoms with van der Waals surface area (Å²) < 4.78 is 5.25. The monoisotopic (exact) mass is 264 g/mol. The van der Waals surface area contributed by atoms with Crippen LogP contribution in [0.25, 0.3) is 0 Å². The Labute approximate surface area is 113 Å². The van der Waals surface area contributed by atoms with Gasteiger partial charge in [-0.05, 0) is 50.0 Å². The number of piperidine rings is 1. The average Bonchev–Trinajstić information content (AvgIpc) is 2.45. The number of carboxylic acids is 1. The van der Waals surface area contributed by atoms with Crippen molar-refractivity contribution < 1.29 is 14.6 Å². The van der Waals surface area contributed by atoms with Crippen molar-refractivity contribution in [3.8, 4) is 5.75 Å². The predicted octanol–water partition coefficient (Wildman–Crippen LogP) is 1.80. The van der Waals surface area contributed by atoms with E-state index in [2.05, 4.69) is 10.6 Å². The number of hydrogen-bond donors (Lipinski definition) is 3. The Kier molecular flexibility index (Phi) is 4.63. The molecule has 0 radical (unpaired) electrons. The van der Waals surface area contributed by atoms with E-state index in [9.17, 15) is 4.79 Å². The van der Waals surface area contributed by atoms with E-state index in [1.165, 1.54) is 12.8 Å². The molecule has 1 unspecified atom stereocenters. The smallest absolute Gasteiger partial charge is 0.335 e. The highest BCUT2D eigenvalue weighted by Crippen LogP contribution is 2.26. The van der Waals surface area contributed by atoms with Crippen LogP contribution in [0.5, 0.6) is 5.75 Å². The van der Waals surface area contributed by atoms with Gasteiger partial charge in [0.25, 0.3) is 0 Å². The fourth-order valence-electron chi connectivity index (χ4n) is 2.33. The van der Waals surface area contributed by atoms with E-state index in [1.54, 1.807) is 25.3 Å². The van der Waals surface area contributed by atoms with Crippen LogP contribution in [-0.2, 0) is 0 Å². The molecule has 1 aliphatic heterocycles. The quantitative estimate of drug-likeness (QED) is 0.756. The van der Waals surface area contributed by atoms with Crippen LogP contribution in [0.3, 0.4) is 0 Å².